The second kappa shape index (κ2) is 5.24. The van der Waals surface area contributed by atoms with Gasteiger partial charge in [0.25, 0.3) is 0 Å². The first-order chi connectivity index (χ1) is 9.04. The Morgan fingerprint density at radius 2 is 2.05 bits per heavy atom. The first-order valence-corrected chi connectivity index (χ1v) is 6.01. The summed E-state index contributed by atoms with van der Waals surface area (Å²) in [6, 6.07) is 6.88. The van der Waals surface area contributed by atoms with Crippen LogP contribution >= 0.6 is 0 Å². The number of carboxylic acids is 1. The van der Waals surface area contributed by atoms with E-state index in [-0.39, 0.29) is 18.1 Å². The number of para-hydroxylation sites is 1. The molecule has 2 N–H and O–H groups in total. The van der Waals surface area contributed by atoms with Crippen molar-refractivity contribution in [3.8, 4) is 0 Å². The van der Waals surface area contributed by atoms with Gasteiger partial charge in [-0.05, 0) is 18.1 Å². The van der Waals surface area contributed by atoms with Crippen molar-refractivity contribution in [2.75, 3.05) is 6.61 Å². The summed E-state index contributed by atoms with van der Waals surface area (Å²) >= 11 is 0. The van der Waals surface area contributed by atoms with Crippen molar-refractivity contribution in [3.05, 3.63) is 46.2 Å². The lowest BCUT2D eigenvalue weighted by molar-refractivity contribution is 0.0694. The third-order valence-electron chi connectivity index (χ3n) is 3.04. The molecule has 0 radical (unpaired) electrons. The van der Waals surface area contributed by atoms with Gasteiger partial charge in [-0.3, -0.25) is 4.79 Å². The van der Waals surface area contributed by atoms with Gasteiger partial charge in [0.05, 0.1) is 5.52 Å². The van der Waals surface area contributed by atoms with Crippen LogP contribution in [0.5, 0.6) is 0 Å². The predicted octanol–water partition coefficient (Wildman–Crippen LogP) is 1.33. The molecule has 0 saturated heterocycles. The monoisotopic (exact) mass is 261 g/mol. The molecule has 2 aromatic rings. The lowest BCUT2D eigenvalue weighted by Gasteiger charge is -2.15. The molecule has 0 saturated carbocycles. The van der Waals surface area contributed by atoms with Crippen LogP contribution in [-0.2, 0) is 6.54 Å². The Labute approximate surface area is 109 Å². The lowest BCUT2D eigenvalue weighted by Crippen LogP contribution is -2.21. The van der Waals surface area contributed by atoms with E-state index >= 15 is 0 Å². The van der Waals surface area contributed by atoms with E-state index in [0.717, 1.165) is 0 Å². The van der Waals surface area contributed by atoms with E-state index in [9.17, 15) is 9.59 Å². The molecule has 0 aliphatic carbocycles. The van der Waals surface area contributed by atoms with Gasteiger partial charge in [0.2, 0.25) is 5.43 Å². The third-order valence-corrected chi connectivity index (χ3v) is 3.04. The van der Waals surface area contributed by atoms with E-state index < -0.39 is 11.4 Å². The normalized spacial score (nSPS) is 12.5. The Morgan fingerprint density at radius 1 is 1.37 bits per heavy atom. The number of rotatable bonds is 4. The van der Waals surface area contributed by atoms with Gasteiger partial charge in [0.1, 0.15) is 5.56 Å². The van der Waals surface area contributed by atoms with Crippen LogP contribution in [0.4, 0.5) is 0 Å². The number of aliphatic hydroxyl groups is 1. The lowest BCUT2D eigenvalue weighted by atomic mass is 10.1. The van der Waals surface area contributed by atoms with Crippen LogP contribution in [-0.4, -0.2) is 27.4 Å². The molecule has 0 aliphatic heterocycles. The second-order valence-corrected chi connectivity index (χ2v) is 4.63. The molecule has 1 unspecified atom stereocenters. The first-order valence-electron chi connectivity index (χ1n) is 6.01. The highest BCUT2D eigenvalue weighted by atomic mass is 16.4. The molecule has 1 aromatic heterocycles. The van der Waals surface area contributed by atoms with Crippen LogP contribution in [0.15, 0.2) is 35.3 Å². The van der Waals surface area contributed by atoms with Crippen LogP contribution in [0.1, 0.15) is 17.3 Å². The first kappa shape index (κ1) is 13.3. The Kier molecular flexibility index (Phi) is 3.66. The fraction of sp³-hybridized carbons (Fsp3) is 0.286. The standard InChI is InChI=1S/C14H15NO4/c1-9(8-16)6-15-7-11(14(18)19)13(17)10-4-2-3-5-12(10)15/h2-5,7,9,16H,6,8H2,1H3,(H,18,19). The van der Waals surface area contributed by atoms with Gasteiger partial charge in [-0.15, -0.1) is 0 Å². The topological polar surface area (TPSA) is 79.5 Å². The summed E-state index contributed by atoms with van der Waals surface area (Å²) in [5, 5.41) is 18.6. The van der Waals surface area contributed by atoms with E-state index in [1.807, 2.05) is 6.92 Å². The number of aliphatic hydroxyl groups excluding tert-OH is 1. The van der Waals surface area contributed by atoms with Gasteiger partial charge in [0.15, 0.2) is 0 Å². The Balaban J connectivity index is 2.71. The maximum Gasteiger partial charge on any atom is 0.341 e. The van der Waals surface area contributed by atoms with E-state index in [1.165, 1.54) is 6.20 Å². The zero-order chi connectivity index (χ0) is 14.0. The van der Waals surface area contributed by atoms with Crippen molar-refractivity contribution >= 4 is 16.9 Å². The number of benzene rings is 1. The number of aromatic nitrogens is 1. The molecular weight excluding hydrogens is 246 g/mol. The summed E-state index contributed by atoms with van der Waals surface area (Å²) in [7, 11) is 0. The highest BCUT2D eigenvalue weighted by Gasteiger charge is 2.14. The number of carboxylic acid groups (broad SMARTS) is 1. The number of pyridine rings is 1. The van der Waals surface area contributed by atoms with Gasteiger partial charge < -0.3 is 14.8 Å². The Morgan fingerprint density at radius 3 is 2.68 bits per heavy atom. The SMILES string of the molecule is CC(CO)Cn1cc(C(=O)O)c(=O)c2ccccc21. The maximum absolute atomic E-state index is 12.0. The van der Waals surface area contributed by atoms with Crippen molar-refractivity contribution in [2.24, 2.45) is 5.92 Å². The molecule has 0 amide bonds. The summed E-state index contributed by atoms with van der Waals surface area (Å²) in [5.74, 6) is -1.26. The van der Waals surface area contributed by atoms with Gasteiger partial charge >= 0.3 is 5.97 Å². The zero-order valence-electron chi connectivity index (χ0n) is 10.5. The van der Waals surface area contributed by atoms with Crippen LogP contribution in [0.3, 0.4) is 0 Å². The van der Waals surface area contributed by atoms with Crippen LogP contribution < -0.4 is 5.43 Å². The third kappa shape index (κ3) is 2.51. The number of aromatic carboxylic acids is 1. The number of hydrogen-bond acceptors (Lipinski definition) is 3. The molecule has 5 nitrogen and oxygen atoms in total. The fourth-order valence-electron chi connectivity index (χ4n) is 2.04. The van der Waals surface area contributed by atoms with E-state index in [2.05, 4.69) is 0 Å². The minimum Gasteiger partial charge on any atom is -0.477 e. The molecule has 1 aromatic carbocycles. The molecule has 2 rings (SSSR count). The quantitative estimate of drug-likeness (QED) is 0.870. The summed E-state index contributed by atoms with van der Waals surface area (Å²) in [4.78, 5) is 23.1. The Hall–Kier alpha value is -2.14. The molecule has 1 heterocycles. The smallest absolute Gasteiger partial charge is 0.341 e. The van der Waals surface area contributed by atoms with Crippen molar-refractivity contribution in [1.29, 1.82) is 0 Å². The minimum absolute atomic E-state index is 0.00284. The van der Waals surface area contributed by atoms with Crippen molar-refractivity contribution in [1.82, 2.24) is 4.57 Å². The van der Waals surface area contributed by atoms with E-state index in [4.69, 9.17) is 10.2 Å². The zero-order valence-corrected chi connectivity index (χ0v) is 10.5. The average Bonchev–Trinajstić information content (AvgIpc) is 2.41. The second-order valence-electron chi connectivity index (χ2n) is 4.63. The molecule has 0 bridgehead atoms. The Bertz CT molecular complexity index is 675. The molecule has 0 fully saturated rings. The molecule has 5 heteroatoms. The largest absolute Gasteiger partial charge is 0.477 e. The van der Waals surface area contributed by atoms with Crippen molar-refractivity contribution < 1.29 is 15.0 Å². The van der Waals surface area contributed by atoms with Crippen molar-refractivity contribution in [2.45, 2.75) is 13.5 Å². The molecule has 0 spiro atoms. The van der Waals surface area contributed by atoms with E-state index in [0.29, 0.717) is 17.4 Å². The summed E-state index contributed by atoms with van der Waals surface area (Å²) in [5.41, 5.74) is -0.0439. The van der Waals surface area contributed by atoms with Crippen LogP contribution in [0, 0.1) is 5.92 Å². The molecular formula is C14H15NO4. The number of hydrogen-bond donors (Lipinski definition) is 2. The summed E-state index contributed by atoms with van der Waals surface area (Å²) in [6.45, 7) is 2.31. The van der Waals surface area contributed by atoms with Gasteiger partial charge in [0, 0.05) is 24.7 Å². The molecule has 0 aliphatic rings. The van der Waals surface area contributed by atoms with Gasteiger partial charge in [-0.25, -0.2) is 4.79 Å². The summed E-state index contributed by atoms with van der Waals surface area (Å²) in [6.07, 6.45) is 1.35. The minimum atomic E-state index is -1.24. The van der Waals surface area contributed by atoms with E-state index in [1.54, 1.807) is 28.8 Å². The highest BCUT2D eigenvalue weighted by molar-refractivity contribution is 5.92. The molecule has 19 heavy (non-hydrogen) atoms. The average molecular weight is 261 g/mol. The van der Waals surface area contributed by atoms with Crippen LogP contribution in [0.25, 0.3) is 10.9 Å². The molecule has 1 atom stereocenters. The summed E-state index contributed by atoms with van der Waals surface area (Å²) < 4.78 is 1.71. The van der Waals surface area contributed by atoms with Crippen molar-refractivity contribution in [3.63, 3.8) is 0 Å². The van der Waals surface area contributed by atoms with Gasteiger partial charge in [-0.1, -0.05) is 19.1 Å². The fourth-order valence-corrected chi connectivity index (χ4v) is 2.04. The van der Waals surface area contributed by atoms with Gasteiger partial charge in [-0.2, -0.15) is 0 Å². The van der Waals surface area contributed by atoms with Crippen LogP contribution in [0.2, 0.25) is 0 Å². The molecule has 100 valence electrons. The highest BCUT2D eigenvalue weighted by Crippen LogP contribution is 2.13. The number of fused-ring (bicyclic) bond motifs is 1. The predicted molar refractivity (Wildman–Crippen MR) is 71.4 cm³/mol. The number of carbonyl (C=O) groups is 1. The number of nitrogens with zero attached hydrogens (tertiary/aromatic N) is 1. The maximum atomic E-state index is 12.0.